The molecule has 0 saturated carbocycles. The smallest absolute Gasteiger partial charge is 0.312 e. The summed E-state index contributed by atoms with van der Waals surface area (Å²) in [5.74, 6) is 0.234. The number of ether oxygens (including phenoxy) is 1. The van der Waals surface area contributed by atoms with Crippen LogP contribution in [0.5, 0.6) is 5.75 Å². The van der Waals surface area contributed by atoms with Gasteiger partial charge in [0, 0.05) is 22.2 Å². The highest BCUT2D eigenvalue weighted by atomic mass is 79.9. The summed E-state index contributed by atoms with van der Waals surface area (Å²) < 4.78 is 5.85. The molecule has 1 aliphatic carbocycles. The van der Waals surface area contributed by atoms with E-state index in [1.807, 2.05) is 6.07 Å². The van der Waals surface area contributed by atoms with Gasteiger partial charge in [0.05, 0.1) is 18.1 Å². The van der Waals surface area contributed by atoms with Gasteiger partial charge in [-0.2, -0.15) is 5.26 Å². The number of hydrogen-bond acceptors (Lipinski definition) is 4. The predicted molar refractivity (Wildman–Crippen MR) is 69.3 cm³/mol. The molecule has 0 bridgehead atoms. The van der Waals surface area contributed by atoms with Crippen LogP contribution in [0.4, 0.5) is 5.69 Å². The number of halogens is 1. The second kappa shape index (κ2) is 4.78. The normalized spacial score (nSPS) is 15.3. The molecule has 0 spiro atoms. The van der Waals surface area contributed by atoms with Crippen molar-refractivity contribution in [3.63, 3.8) is 0 Å². The Morgan fingerprint density at radius 3 is 2.89 bits per heavy atom. The number of nitro groups is 1. The first-order chi connectivity index (χ1) is 8.60. The minimum absolute atomic E-state index is 0.0890. The fourth-order valence-corrected chi connectivity index (χ4v) is 2.80. The van der Waals surface area contributed by atoms with Gasteiger partial charge < -0.3 is 4.74 Å². The van der Waals surface area contributed by atoms with Crippen molar-refractivity contribution >= 4 is 27.2 Å². The van der Waals surface area contributed by atoms with Crippen molar-refractivity contribution in [1.82, 2.24) is 0 Å². The lowest BCUT2D eigenvalue weighted by Gasteiger charge is -2.10. The van der Waals surface area contributed by atoms with Crippen molar-refractivity contribution in [2.45, 2.75) is 12.8 Å². The van der Waals surface area contributed by atoms with Crippen LogP contribution >= 0.6 is 15.9 Å². The fraction of sp³-hybridized carbons (Fsp3) is 0.250. The topological polar surface area (TPSA) is 76.2 Å². The van der Waals surface area contributed by atoms with Crippen LogP contribution in [0, 0.1) is 21.4 Å². The van der Waals surface area contributed by atoms with Gasteiger partial charge in [0.1, 0.15) is 0 Å². The molecule has 1 aliphatic rings. The standard InChI is InChI=1S/C12H9BrN2O3/c1-18-12-10(15(16)17)6-9(13)8-3-2-7(4-5-14)11(8)12/h4,6H,2-3H2,1H3. The molecule has 0 aliphatic heterocycles. The Balaban J connectivity index is 2.78. The Bertz CT molecular complexity index is 602. The highest BCUT2D eigenvalue weighted by Gasteiger charge is 2.30. The Morgan fingerprint density at radius 2 is 2.33 bits per heavy atom. The van der Waals surface area contributed by atoms with Crippen LogP contribution in [0.2, 0.25) is 0 Å². The van der Waals surface area contributed by atoms with E-state index < -0.39 is 4.92 Å². The number of nitriles is 1. The molecule has 0 aromatic heterocycles. The lowest BCUT2D eigenvalue weighted by molar-refractivity contribution is -0.385. The number of nitrogens with zero attached hydrogens (tertiary/aromatic N) is 2. The van der Waals surface area contributed by atoms with Crippen LogP contribution in [-0.4, -0.2) is 12.0 Å². The molecule has 0 fully saturated rings. The minimum Gasteiger partial charge on any atom is -0.490 e. The van der Waals surface area contributed by atoms with Crippen LogP contribution in [0.25, 0.3) is 5.57 Å². The fourth-order valence-electron chi connectivity index (χ4n) is 2.19. The molecule has 0 saturated heterocycles. The average molecular weight is 309 g/mol. The summed E-state index contributed by atoms with van der Waals surface area (Å²) in [4.78, 5) is 10.5. The van der Waals surface area contributed by atoms with Crippen LogP contribution in [-0.2, 0) is 6.42 Å². The van der Waals surface area contributed by atoms with E-state index in [0.29, 0.717) is 16.5 Å². The van der Waals surface area contributed by atoms with Crippen molar-refractivity contribution in [1.29, 1.82) is 5.26 Å². The Labute approximate surface area is 112 Å². The summed E-state index contributed by atoms with van der Waals surface area (Å²) >= 11 is 3.34. The lowest BCUT2D eigenvalue weighted by atomic mass is 10.0. The second-order valence-electron chi connectivity index (χ2n) is 3.82. The maximum absolute atomic E-state index is 11.0. The first-order valence-corrected chi connectivity index (χ1v) is 6.02. The summed E-state index contributed by atoms with van der Waals surface area (Å²) in [6, 6.07) is 3.42. The maximum atomic E-state index is 11.0. The Kier molecular flexibility index (Phi) is 3.34. The van der Waals surface area contributed by atoms with E-state index >= 15 is 0 Å². The van der Waals surface area contributed by atoms with Gasteiger partial charge in [0.15, 0.2) is 0 Å². The predicted octanol–water partition coefficient (Wildman–Crippen LogP) is 3.22. The monoisotopic (exact) mass is 308 g/mol. The highest BCUT2D eigenvalue weighted by molar-refractivity contribution is 9.10. The molecular formula is C12H9BrN2O3. The van der Waals surface area contributed by atoms with Gasteiger partial charge in [0.2, 0.25) is 5.75 Å². The summed E-state index contributed by atoms with van der Waals surface area (Å²) in [5, 5.41) is 19.8. The first-order valence-electron chi connectivity index (χ1n) is 5.23. The van der Waals surface area contributed by atoms with Gasteiger partial charge in [-0.1, -0.05) is 15.9 Å². The molecule has 18 heavy (non-hydrogen) atoms. The lowest BCUT2D eigenvalue weighted by Crippen LogP contribution is -1.99. The van der Waals surface area contributed by atoms with Crippen molar-refractivity contribution in [3.05, 3.63) is 37.9 Å². The van der Waals surface area contributed by atoms with E-state index in [-0.39, 0.29) is 11.4 Å². The number of allylic oxidation sites excluding steroid dienone is 2. The van der Waals surface area contributed by atoms with Crippen LogP contribution in [0.3, 0.4) is 0 Å². The van der Waals surface area contributed by atoms with E-state index in [1.165, 1.54) is 19.3 Å². The van der Waals surface area contributed by atoms with Gasteiger partial charge in [-0.3, -0.25) is 10.1 Å². The zero-order valence-electron chi connectivity index (χ0n) is 9.57. The molecule has 0 heterocycles. The summed E-state index contributed by atoms with van der Waals surface area (Å²) in [5.41, 5.74) is 2.33. The van der Waals surface area contributed by atoms with Gasteiger partial charge >= 0.3 is 5.69 Å². The molecule has 2 rings (SSSR count). The van der Waals surface area contributed by atoms with Crippen molar-refractivity contribution in [3.8, 4) is 11.8 Å². The molecule has 1 aromatic rings. The Hall–Kier alpha value is -1.87. The van der Waals surface area contributed by atoms with Crippen molar-refractivity contribution in [2.24, 2.45) is 0 Å². The molecule has 0 atom stereocenters. The van der Waals surface area contributed by atoms with E-state index in [4.69, 9.17) is 10.00 Å². The minimum atomic E-state index is -0.480. The van der Waals surface area contributed by atoms with E-state index in [2.05, 4.69) is 15.9 Å². The zero-order valence-corrected chi connectivity index (χ0v) is 11.2. The molecule has 5 nitrogen and oxygen atoms in total. The number of rotatable bonds is 2. The highest BCUT2D eigenvalue weighted by Crippen LogP contribution is 2.47. The van der Waals surface area contributed by atoms with E-state index in [1.54, 1.807) is 0 Å². The quantitative estimate of drug-likeness (QED) is 0.477. The molecule has 92 valence electrons. The number of nitro benzene ring substituents is 1. The largest absolute Gasteiger partial charge is 0.490 e. The third-order valence-corrected chi connectivity index (χ3v) is 3.63. The molecule has 0 amide bonds. The van der Waals surface area contributed by atoms with Crippen molar-refractivity contribution < 1.29 is 9.66 Å². The maximum Gasteiger partial charge on any atom is 0.312 e. The van der Waals surface area contributed by atoms with Gasteiger partial charge in [0.25, 0.3) is 0 Å². The number of methoxy groups -OCH3 is 1. The third-order valence-electron chi connectivity index (χ3n) is 2.92. The first kappa shape index (κ1) is 12.6. The van der Waals surface area contributed by atoms with Crippen LogP contribution in [0.15, 0.2) is 16.6 Å². The summed E-state index contributed by atoms with van der Waals surface area (Å²) in [6.07, 6.45) is 2.86. The summed E-state index contributed by atoms with van der Waals surface area (Å²) in [7, 11) is 1.40. The third kappa shape index (κ3) is 1.87. The summed E-state index contributed by atoms with van der Waals surface area (Å²) in [6.45, 7) is 0. The molecular weight excluding hydrogens is 300 g/mol. The number of hydrogen-bond donors (Lipinski definition) is 0. The number of fused-ring (bicyclic) bond motifs is 1. The van der Waals surface area contributed by atoms with Crippen molar-refractivity contribution in [2.75, 3.05) is 7.11 Å². The Morgan fingerprint density at radius 1 is 1.61 bits per heavy atom. The zero-order chi connectivity index (χ0) is 13.3. The van der Waals surface area contributed by atoms with Crippen LogP contribution in [0.1, 0.15) is 17.5 Å². The van der Waals surface area contributed by atoms with Gasteiger partial charge in [-0.15, -0.1) is 0 Å². The average Bonchev–Trinajstić information content (AvgIpc) is 2.74. The van der Waals surface area contributed by atoms with E-state index in [9.17, 15) is 10.1 Å². The van der Waals surface area contributed by atoms with Gasteiger partial charge in [-0.05, 0) is 24.0 Å². The van der Waals surface area contributed by atoms with Gasteiger partial charge in [-0.25, -0.2) is 0 Å². The SMILES string of the molecule is COc1c([N+](=O)[O-])cc(Br)c2c1C(=CC#N)CC2. The molecule has 1 aromatic carbocycles. The van der Waals surface area contributed by atoms with Crippen LogP contribution < -0.4 is 4.74 Å². The molecule has 6 heteroatoms. The second-order valence-corrected chi connectivity index (χ2v) is 4.67. The van der Waals surface area contributed by atoms with E-state index in [0.717, 1.165) is 17.6 Å². The molecule has 0 unspecified atom stereocenters. The molecule has 0 N–H and O–H groups in total. The molecule has 0 radical (unpaired) electrons. The number of benzene rings is 1.